The van der Waals surface area contributed by atoms with Crippen molar-refractivity contribution in [2.45, 2.75) is 32.6 Å². The molecule has 0 unspecified atom stereocenters. The molecule has 1 aromatic heterocycles. The van der Waals surface area contributed by atoms with Gasteiger partial charge in [0, 0.05) is 12.0 Å². The Morgan fingerprint density at radius 3 is 2.88 bits per heavy atom. The standard InChI is InChI=1S/C14H14O2/c1-9-5-4-7-11-13(15)10-6-2-3-8-12(10)16-14(9)11/h4-5,7H,2-3,6,8H2,1H3. The van der Waals surface area contributed by atoms with E-state index in [1.165, 1.54) is 0 Å². The van der Waals surface area contributed by atoms with Crippen LogP contribution in [-0.2, 0) is 12.8 Å². The number of fused-ring (bicyclic) bond motifs is 2. The van der Waals surface area contributed by atoms with Crippen LogP contribution < -0.4 is 5.43 Å². The van der Waals surface area contributed by atoms with Gasteiger partial charge in [-0.3, -0.25) is 4.79 Å². The summed E-state index contributed by atoms with van der Waals surface area (Å²) in [5.74, 6) is 0.915. The largest absolute Gasteiger partial charge is 0.460 e. The highest BCUT2D eigenvalue weighted by Crippen LogP contribution is 2.24. The Hall–Kier alpha value is -1.57. The number of rotatable bonds is 0. The van der Waals surface area contributed by atoms with Crippen LogP contribution in [0.4, 0.5) is 0 Å². The van der Waals surface area contributed by atoms with Crippen molar-refractivity contribution in [1.29, 1.82) is 0 Å². The van der Waals surface area contributed by atoms with Crippen molar-refractivity contribution in [2.75, 3.05) is 0 Å². The SMILES string of the molecule is Cc1cccc2c(=O)c3c(oc12)CCCC3. The molecule has 0 aliphatic heterocycles. The lowest BCUT2D eigenvalue weighted by Crippen LogP contribution is -2.16. The van der Waals surface area contributed by atoms with Crippen LogP contribution in [0.5, 0.6) is 0 Å². The van der Waals surface area contributed by atoms with Crippen LogP contribution in [0.25, 0.3) is 11.0 Å². The van der Waals surface area contributed by atoms with Crippen LogP contribution in [0.3, 0.4) is 0 Å². The van der Waals surface area contributed by atoms with Gasteiger partial charge in [0.2, 0.25) is 0 Å². The van der Waals surface area contributed by atoms with Crippen molar-refractivity contribution in [2.24, 2.45) is 0 Å². The van der Waals surface area contributed by atoms with E-state index >= 15 is 0 Å². The van der Waals surface area contributed by atoms with Crippen LogP contribution in [-0.4, -0.2) is 0 Å². The number of benzene rings is 1. The first-order valence-corrected chi connectivity index (χ1v) is 5.81. The van der Waals surface area contributed by atoms with E-state index in [1.54, 1.807) is 0 Å². The molecule has 3 rings (SSSR count). The average molecular weight is 214 g/mol. The predicted octanol–water partition coefficient (Wildman–Crippen LogP) is 2.98. The molecule has 2 heteroatoms. The van der Waals surface area contributed by atoms with E-state index in [2.05, 4.69) is 0 Å². The van der Waals surface area contributed by atoms with Crippen LogP contribution in [0, 0.1) is 6.92 Å². The van der Waals surface area contributed by atoms with Crippen LogP contribution >= 0.6 is 0 Å². The second kappa shape index (κ2) is 3.48. The maximum atomic E-state index is 12.3. The van der Waals surface area contributed by atoms with Crippen molar-refractivity contribution < 1.29 is 4.42 Å². The van der Waals surface area contributed by atoms with E-state index in [1.807, 2.05) is 25.1 Å². The first-order chi connectivity index (χ1) is 7.77. The Balaban J connectivity index is 2.44. The van der Waals surface area contributed by atoms with E-state index in [0.717, 1.165) is 53.5 Å². The predicted molar refractivity (Wildman–Crippen MR) is 63.9 cm³/mol. The lowest BCUT2D eigenvalue weighted by molar-refractivity contribution is 0.485. The minimum absolute atomic E-state index is 0.180. The van der Waals surface area contributed by atoms with Crippen molar-refractivity contribution in [3.05, 3.63) is 45.3 Å². The molecular weight excluding hydrogens is 200 g/mol. The molecule has 1 aliphatic rings. The van der Waals surface area contributed by atoms with Gasteiger partial charge in [-0.25, -0.2) is 0 Å². The molecule has 0 bridgehead atoms. The Labute approximate surface area is 93.9 Å². The summed E-state index contributed by atoms with van der Waals surface area (Å²) < 4.78 is 5.90. The minimum atomic E-state index is 0.180. The van der Waals surface area contributed by atoms with Gasteiger partial charge >= 0.3 is 0 Å². The molecule has 0 atom stereocenters. The van der Waals surface area contributed by atoms with Crippen molar-refractivity contribution in [3.63, 3.8) is 0 Å². The van der Waals surface area contributed by atoms with E-state index in [4.69, 9.17) is 4.42 Å². The zero-order valence-electron chi connectivity index (χ0n) is 9.38. The summed E-state index contributed by atoms with van der Waals surface area (Å²) in [6.45, 7) is 1.99. The van der Waals surface area contributed by atoms with Crippen LogP contribution in [0.15, 0.2) is 27.4 Å². The molecule has 0 spiro atoms. The first-order valence-electron chi connectivity index (χ1n) is 5.81. The van der Waals surface area contributed by atoms with Gasteiger partial charge in [0.05, 0.1) is 5.39 Å². The fraction of sp³-hybridized carbons (Fsp3) is 0.357. The van der Waals surface area contributed by atoms with Crippen LogP contribution in [0.1, 0.15) is 29.7 Å². The lowest BCUT2D eigenvalue weighted by Gasteiger charge is -2.14. The zero-order chi connectivity index (χ0) is 11.1. The van der Waals surface area contributed by atoms with Crippen LogP contribution in [0.2, 0.25) is 0 Å². The van der Waals surface area contributed by atoms with Crippen molar-refractivity contribution in [3.8, 4) is 0 Å². The molecule has 2 nitrogen and oxygen atoms in total. The Morgan fingerprint density at radius 1 is 1.19 bits per heavy atom. The molecule has 2 aromatic rings. The Morgan fingerprint density at radius 2 is 2.00 bits per heavy atom. The fourth-order valence-corrected chi connectivity index (χ4v) is 2.48. The van der Waals surface area contributed by atoms with Gasteiger partial charge in [0.25, 0.3) is 0 Å². The van der Waals surface area contributed by atoms with Gasteiger partial charge in [0.15, 0.2) is 5.43 Å². The molecule has 0 saturated heterocycles. The molecular formula is C14H14O2. The highest BCUT2D eigenvalue weighted by Gasteiger charge is 2.17. The quantitative estimate of drug-likeness (QED) is 0.674. The summed E-state index contributed by atoms with van der Waals surface area (Å²) in [6, 6.07) is 5.77. The molecule has 0 amide bonds. The fourth-order valence-electron chi connectivity index (χ4n) is 2.48. The topological polar surface area (TPSA) is 30.2 Å². The third-order valence-corrected chi connectivity index (χ3v) is 3.37. The molecule has 16 heavy (non-hydrogen) atoms. The normalized spacial score (nSPS) is 15.1. The number of aryl methyl sites for hydroxylation is 2. The molecule has 82 valence electrons. The van der Waals surface area contributed by atoms with E-state index in [-0.39, 0.29) is 5.43 Å². The number of hydrogen-bond acceptors (Lipinski definition) is 2. The highest BCUT2D eigenvalue weighted by molar-refractivity contribution is 5.80. The van der Waals surface area contributed by atoms with Gasteiger partial charge in [-0.05, 0) is 37.8 Å². The van der Waals surface area contributed by atoms with E-state index < -0.39 is 0 Å². The summed E-state index contributed by atoms with van der Waals surface area (Å²) in [4.78, 5) is 12.3. The van der Waals surface area contributed by atoms with Crippen molar-refractivity contribution in [1.82, 2.24) is 0 Å². The lowest BCUT2D eigenvalue weighted by atomic mass is 9.95. The van der Waals surface area contributed by atoms with Gasteiger partial charge < -0.3 is 4.42 Å². The number of para-hydroxylation sites is 1. The van der Waals surface area contributed by atoms with E-state index in [9.17, 15) is 4.79 Å². The summed E-state index contributed by atoms with van der Waals surface area (Å²) in [7, 11) is 0. The summed E-state index contributed by atoms with van der Waals surface area (Å²) in [6.07, 6.45) is 4.03. The van der Waals surface area contributed by atoms with Crippen molar-refractivity contribution >= 4 is 11.0 Å². The maximum Gasteiger partial charge on any atom is 0.196 e. The summed E-state index contributed by atoms with van der Waals surface area (Å²) >= 11 is 0. The van der Waals surface area contributed by atoms with Gasteiger partial charge in [-0.15, -0.1) is 0 Å². The summed E-state index contributed by atoms with van der Waals surface area (Å²) in [5, 5.41) is 0.737. The van der Waals surface area contributed by atoms with Gasteiger partial charge in [-0.1, -0.05) is 12.1 Å². The number of hydrogen-bond donors (Lipinski definition) is 0. The van der Waals surface area contributed by atoms with Gasteiger partial charge in [0.1, 0.15) is 11.3 Å². The molecule has 0 fully saturated rings. The minimum Gasteiger partial charge on any atom is -0.460 e. The molecule has 1 aromatic carbocycles. The maximum absolute atomic E-state index is 12.3. The molecule has 1 heterocycles. The van der Waals surface area contributed by atoms with Gasteiger partial charge in [-0.2, -0.15) is 0 Å². The Kier molecular flexibility index (Phi) is 2.10. The average Bonchev–Trinajstić information content (AvgIpc) is 2.31. The third kappa shape index (κ3) is 1.29. The molecule has 0 N–H and O–H groups in total. The van der Waals surface area contributed by atoms with E-state index in [0.29, 0.717) is 0 Å². The Bertz CT molecular complexity index is 608. The zero-order valence-corrected chi connectivity index (χ0v) is 9.38. The molecule has 0 saturated carbocycles. The smallest absolute Gasteiger partial charge is 0.196 e. The first kappa shape index (κ1) is 9.64. The summed E-state index contributed by atoms with van der Waals surface area (Å²) in [5.41, 5.74) is 2.90. The second-order valence-corrected chi connectivity index (χ2v) is 4.49. The monoisotopic (exact) mass is 214 g/mol. The second-order valence-electron chi connectivity index (χ2n) is 4.49. The molecule has 0 radical (unpaired) electrons. The highest BCUT2D eigenvalue weighted by atomic mass is 16.3. The third-order valence-electron chi connectivity index (χ3n) is 3.37. The molecule has 1 aliphatic carbocycles.